The van der Waals surface area contributed by atoms with Crippen molar-refractivity contribution in [3.63, 3.8) is 0 Å². The van der Waals surface area contributed by atoms with Gasteiger partial charge in [0, 0.05) is 17.4 Å². The highest BCUT2D eigenvalue weighted by Gasteiger charge is 2.21. The summed E-state index contributed by atoms with van der Waals surface area (Å²) < 4.78 is 32.4. The predicted molar refractivity (Wildman–Crippen MR) is 111 cm³/mol. The lowest BCUT2D eigenvalue weighted by Crippen LogP contribution is -2.17. The second kappa shape index (κ2) is 8.08. The van der Waals surface area contributed by atoms with Crippen molar-refractivity contribution in [3.8, 4) is 17.7 Å². The van der Waals surface area contributed by atoms with Crippen molar-refractivity contribution in [2.45, 2.75) is 6.54 Å². The monoisotopic (exact) mass is 442 g/mol. The van der Waals surface area contributed by atoms with E-state index in [0.717, 1.165) is 10.6 Å². The fraction of sp³-hybridized carbons (Fsp3) is 0.0952. The SMILES string of the molecule is N#Cc1ccc(Cn2c(O)c(C=C3C=Nc4c3ccc(Cl)c4OCF)[nH]c2=O)cc1F. The normalized spacial score (nSPS) is 13.4. The van der Waals surface area contributed by atoms with Gasteiger partial charge in [-0.15, -0.1) is 0 Å². The Kier molecular flexibility index (Phi) is 5.31. The van der Waals surface area contributed by atoms with Gasteiger partial charge in [0.05, 0.1) is 17.1 Å². The lowest BCUT2D eigenvalue weighted by molar-refractivity contribution is 0.192. The fourth-order valence-electron chi connectivity index (χ4n) is 3.23. The molecule has 2 aromatic carbocycles. The Bertz CT molecular complexity index is 1350. The molecule has 0 bridgehead atoms. The van der Waals surface area contributed by atoms with Crippen molar-refractivity contribution in [2.75, 3.05) is 6.86 Å². The van der Waals surface area contributed by atoms with Crippen molar-refractivity contribution in [1.29, 1.82) is 5.26 Å². The standard InChI is InChI=1S/C21H13ClF2N4O3/c22-15-4-3-14-13(8-26-18(14)19(15)31-10-23)6-17-20(29)28(21(30)27-17)9-11-1-2-12(7-25)16(24)5-11/h1-6,8,29H,9-10H2,(H,27,30). The largest absolute Gasteiger partial charge is 0.493 e. The molecule has 0 aliphatic carbocycles. The Morgan fingerprint density at radius 2 is 2.16 bits per heavy atom. The van der Waals surface area contributed by atoms with Gasteiger partial charge in [-0.25, -0.2) is 13.6 Å². The number of rotatable bonds is 5. The highest BCUT2D eigenvalue weighted by Crippen LogP contribution is 2.44. The quantitative estimate of drug-likeness (QED) is 0.619. The number of allylic oxidation sites excluding steroid dienone is 1. The molecule has 0 saturated carbocycles. The number of aliphatic imine (C=N–C) groups is 1. The summed E-state index contributed by atoms with van der Waals surface area (Å²) >= 11 is 6.03. The van der Waals surface area contributed by atoms with Crippen LogP contribution in [0, 0.1) is 17.1 Å². The first-order chi connectivity index (χ1) is 14.9. The Morgan fingerprint density at radius 1 is 1.35 bits per heavy atom. The van der Waals surface area contributed by atoms with Crippen LogP contribution < -0.4 is 10.4 Å². The number of alkyl halides is 1. The summed E-state index contributed by atoms with van der Waals surface area (Å²) in [5.74, 6) is -0.980. The number of hydrogen-bond acceptors (Lipinski definition) is 5. The Labute approximate surface area is 179 Å². The third-order valence-corrected chi connectivity index (χ3v) is 5.00. The molecular formula is C21H13ClF2N4O3. The van der Waals surface area contributed by atoms with E-state index >= 15 is 0 Å². The van der Waals surface area contributed by atoms with Crippen LogP contribution in [0.25, 0.3) is 11.6 Å². The third kappa shape index (κ3) is 3.69. The molecule has 1 aliphatic rings. The first-order valence-corrected chi connectivity index (χ1v) is 9.28. The second-order valence-corrected chi connectivity index (χ2v) is 6.97. The maximum Gasteiger partial charge on any atom is 0.329 e. The number of hydrogen-bond donors (Lipinski definition) is 2. The summed E-state index contributed by atoms with van der Waals surface area (Å²) in [6, 6.07) is 8.84. The molecule has 0 atom stereocenters. The Balaban J connectivity index is 1.69. The summed E-state index contributed by atoms with van der Waals surface area (Å²) in [5.41, 5.74) is 1.22. The number of nitrogens with zero attached hydrogens (tertiary/aromatic N) is 3. The minimum absolute atomic E-state index is 0.0967. The Hall–Kier alpha value is -3.90. The van der Waals surface area contributed by atoms with Crippen LogP contribution in [0.1, 0.15) is 22.4 Å². The number of aromatic nitrogens is 2. The minimum atomic E-state index is -1.07. The van der Waals surface area contributed by atoms with Gasteiger partial charge in [0.2, 0.25) is 12.7 Å². The van der Waals surface area contributed by atoms with Crippen LogP contribution >= 0.6 is 11.6 Å². The van der Waals surface area contributed by atoms with Crippen molar-refractivity contribution >= 4 is 35.2 Å². The van der Waals surface area contributed by atoms with Gasteiger partial charge in [-0.1, -0.05) is 23.7 Å². The number of aromatic hydroxyl groups is 1. The van der Waals surface area contributed by atoms with Gasteiger partial charge in [0.1, 0.15) is 23.3 Å². The molecule has 0 spiro atoms. The van der Waals surface area contributed by atoms with E-state index in [0.29, 0.717) is 22.4 Å². The van der Waals surface area contributed by atoms with Gasteiger partial charge in [-0.05, 0) is 29.8 Å². The first-order valence-electron chi connectivity index (χ1n) is 8.90. The number of aromatic amines is 1. The molecule has 1 aromatic heterocycles. The average molecular weight is 443 g/mol. The van der Waals surface area contributed by atoms with Crippen molar-refractivity contribution < 1.29 is 18.6 Å². The summed E-state index contributed by atoms with van der Waals surface area (Å²) in [5, 5.41) is 19.6. The lowest BCUT2D eigenvalue weighted by atomic mass is 10.1. The maximum atomic E-state index is 13.8. The van der Waals surface area contributed by atoms with E-state index in [1.807, 2.05) is 0 Å². The summed E-state index contributed by atoms with van der Waals surface area (Å²) in [7, 11) is 0. The number of benzene rings is 2. The zero-order valence-corrected chi connectivity index (χ0v) is 16.5. The molecule has 2 heterocycles. The van der Waals surface area contributed by atoms with Crippen LogP contribution in [0.15, 0.2) is 40.1 Å². The second-order valence-electron chi connectivity index (χ2n) is 6.56. The number of fused-ring (bicyclic) bond motifs is 1. The van der Waals surface area contributed by atoms with E-state index in [4.69, 9.17) is 21.6 Å². The minimum Gasteiger partial charge on any atom is -0.493 e. The van der Waals surface area contributed by atoms with Gasteiger partial charge >= 0.3 is 5.69 Å². The zero-order chi connectivity index (χ0) is 22.1. The van der Waals surface area contributed by atoms with Gasteiger partial charge in [-0.3, -0.25) is 9.56 Å². The molecule has 4 rings (SSSR count). The first kappa shape index (κ1) is 20.4. The Morgan fingerprint density at radius 3 is 2.87 bits per heavy atom. The number of nitrogens with one attached hydrogen (secondary N) is 1. The van der Waals surface area contributed by atoms with E-state index in [2.05, 4.69) is 9.98 Å². The van der Waals surface area contributed by atoms with E-state index in [-0.39, 0.29) is 34.5 Å². The lowest BCUT2D eigenvalue weighted by Gasteiger charge is -2.08. The highest BCUT2D eigenvalue weighted by atomic mass is 35.5. The molecule has 1 aliphatic heterocycles. The van der Waals surface area contributed by atoms with Crippen molar-refractivity contribution in [3.05, 3.63) is 74.0 Å². The van der Waals surface area contributed by atoms with Crippen molar-refractivity contribution in [1.82, 2.24) is 9.55 Å². The van der Waals surface area contributed by atoms with Crippen molar-refractivity contribution in [2.24, 2.45) is 4.99 Å². The van der Waals surface area contributed by atoms with E-state index in [9.17, 15) is 18.7 Å². The van der Waals surface area contributed by atoms with E-state index in [1.54, 1.807) is 12.1 Å². The molecule has 0 saturated heterocycles. The number of ether oxygens (including phenoxy) is 1. The zero-order valence-electron chi connectivity index (χ0n) is 15.7. The topological polar surface area (TPSA) is 103 Å². The molecule has 10 heteroatoms. The molecule has 156 valence electrons. The molecule has 0 radical (unpaired) electrons. The molecule has 0 unspecified atom stereocenters. The van der Waals surface area contributed by atoms with Crippen LogP contribution in [0.3, 0.4) is 0 Å². The van der Waals surface area contributed by atoms with Crippen LogP contribution in [-0.2, 0) is 6.54 Å². The molecule has 3 aromatic rings. The number of imidazole rings is 1. The molecule has 31 heavy (non-hydrogen) atoms. The third-order valence-electron chi connectivity index (χ3n) is 4.70. The number of nitriles is 1. The average Bonchev–Trinajstić information content (AvgIpc) is 3.26. The smallest absolute Gasteiger partial charge is 0.329 e. The molecule has 2 N–H and O–H groups in total. The van der Waals surface area contributed by atoms with Crippen LogP contribution in [0.2, 0.25) is 5.02 Å². The molecule has 0 fully saturated rings. The number of halogens is 3. The summed E-state index contributed by atoms with van der Waals surface area (Å²) in [6.45, 7) is -1.18. The van der Waals surface area contributed by atoms with Gasteiger partial charge in [0.25, 0.3) is 0 Å². The molecule has 7 nitrogen and oxygen atoms in total. The van der Waals surface area contributed by atoms with Crippen LogP contribution in [0.5, 0.6) is 11.6 Å². The van der Waals surface area contributed by atoms with E-state index < -0.39 is 18.4 Å². The number of H-pyrrole nitrogens is 1. The van der Waals surface area contributed by atoms with Crippen LogP contribution in [0.4, 0.5) is 14.5 Å². The van der Waals surface area contributed by atoms with Gasteiger partial charge < -0.3 is 14.8 Å². The predicted octanol–water partition coefficient (Wildman–Crippen LogP) is 4.16. The van der Waals surface area contributed by atoms with Gasteiger partial charge in [0.15, 0.2) is 5.75 Å². The summed E-state index contributed by atoms with van der Waals surface area (Å²) in [6.07, 6.45) is 2.96. The molecular weight excluding hydrogens is 430 g/mol. The highest BCUT2D eigenvalue weighted by molar-refractivity contribution is 6.33. The van der Waals surface area contributed by atoms with Gasteiger partial charge in [-0.2, -0.15) is 5.26 Å². The molecule has 0 amide bonds. The van der Waals surface area contributed by atoms with E-state index in [1.165, 1.54) is 30.5 Å². The van der Waals surface area contributed by atoms with Crippen LogP contribution in [-0.4, -0.2) is 27.7 Å². The maximum absolute atomic E-state index is 13.8. The summed E-state index contributed by atoms with van der Waals surface area (Å²) in [4.78, 5) is 19.1. The fourth-order valence-corrected chi connectivity index (χ4v) is 3.44.